The topological polar surface area (TPSA) is 82.2 Å². The Balaban J connectivity index is 1.51. The summed E-state index contributed by atoms with van der Waals surface area (Å²) in [5.41, 5.74) is 5.45. The van der Waals surface area contributed by atoms with Crippen LogP contribution in [0.2, 0.25) is 0 Å². The first kappa shape index (κ1) is 19.6. The zero-order valence-electron chi connectivity index (χ0n) is 16.4. The highest BCUT2D eigenvalue weighted by molar-refractivity contribution is 5.82. The van der Waals surface area contributed by atoms with E-state index in [0.29, 0.717) is 18.5 Å². The van der Waals surface area contributed by atoms with Crippen molar-refractivity contribution in [3.63, 3.8) is 0 Å². The zero-order chi connectivity index (χ0) is 18.6. The lowest BCUT2D eigenvalue weighted by molar-refractivity contribution is -0.124. The molecule has 5 heteroatoms. The van der Waals surface area contributed by atoms with Crippen molar-refractivity contribution in [1.82, 2.24) is 10.2 Å². The van der Waals surface area contributed by atoms with Crippen LogP contribution in [0.25, 0.3) is 0 Å². The van der Waals surface area contributed by atoms with Crippen LogP contribution in [-0.4, -0.2) is 41.5 Å². The number of nitrogens with one attached hydrogen (secondary N) is 1. The average molecular weight is 361 g/mol. The molecule has 1 amide bonds. The van der Waals surface area contributed by atoms with Crippen molar-refractivity contribution in [2.75, 3.05) is 13.1 Å². The first-order chi connectivity index (χ1) is 12.5. The van der Waals surface area contributed by atoms with E-state index in [-0.39, 0.29) is 5.91 Å². The van der Waals surface area contributed by atoms with Crippen LogP contribution >= 0.6 is 0 Å². The molecule has 2 saturated carbocycles. The van der Waals surface area contributed by atoms with E-state index in [1.807, 2.05) is 0 Å². The predicted octanol–water partition coefficient (Wildman–Crippen LogP) is 2.95. The summed E-state index contributed by atoms with van der Waals surface area (Å²) in [5.74, 6) is 1.27. The molecule has 3 rings (SSSR count). The molecule has 0 aromatic rings. The highest BCUT2D eigenvalue weighted by Crippen LogP contribution is 2.32. The maximum atomic E-state index is 12.7. The molecule has 1 heterocycles. The van der Waals surface area contributed by atoms with Crippen molar-refractivity contribution >= 4 is 5.91 Å². The third kappa shape index (κ3) is 4.78. The maximum Gasteiger partial charge on any atom is 0.238 e. The molecule has 3 N–H and O–H groups in total. The van der Waals surface area contributed by atoms with E-state index < -0.39 is 11.6 Å². The van der Waals surface area contributed by atoms with Gasteiger partial charge >= 0.3 is 0 Å². The van der Waals surface area contributed by atoms with Crippen molar-refractivity contribution in [2.45, 2.75) is 95.2 Å². The molecule has 0 aromatic carbocycles. The largest absolute Gasteiger partial charge is 0.335 e. The molecule has 2 unspecified atom stereocenters. The molecule has 3 fully saturated rings. The van der Waals surface area contributed by atoms with Gasteiger partial charge in [-0.3, -0.25) is 9.69 Å². The van der Waals surface area contributed by atoms with E-state index in [4.69, 9.17) is 5.73 Å². The van der Waals surface area contributed by atoms with Crippen molar-refractivity contribution in [3.8, 4) is 6.07 Å². The SMILES string of the molecule is C[C@H]1CC[C@H](N2CCC(C#N)(NC(=O)C(N)CC3CCCCC3)C2)CC1. The predicted molar refractivity (Wildman–Crippen MR) is 103 cm³/mol. The van der Waals surface area contributed by atoms with E-state index in [1.165, 1.54) is 57.8 Å². The molecule has 2 aliphatic carbocycles. The molecule has 0 spiro atoms. The van der Waals surface area contributed by atoms with E-state index in [9.17, 15) is 10.1 Å². The third-order valence-electron chi connectivity index (χ3n) is 7.03. The summed E-state index contributed by atoms with van der Waals surface area (Å²) in [5, 5.41) is 12.8. The van der Waals surface area contributed by atoms with Crippen LogP contribution in [0.5, 0.6) is 0 Å². The number of hydrogen-bond acceptors (Lipinski definition) is 4. The van der Waals surface area contributed by atoms with E-state index in [2.05, 4.69) is 23.2 Å². The van der Waals surface area contributed by atoms with Gasteiger partial charge in [-0.25, -0.2) is 0 Å². The van der Waals surface area contributed by atoms with Crippen molar-refractivity contribution in [2.24, 2.45) is 17.6 Å². The molecule has 1 aliphatic heterocycles. The number of hydrogen-bond donors (Lipinski definition) is 2. The lowest BCUT2D eigenvalue weighted by atomic mass is 9.84. The molecular formula is C21H36N4O. The second-order valence-electron chi connectivity index (χ2n) is 9.16. The Morgan fingerprint density at radius 2 is 1.92 bits per heavy atom. The fourth-order valence-electron chi connectivity index (χ4n) is 5.20. The van der Waals surface area contributed by atoms with Gasteiger partial charge in [-0.2, -0.15) is 5.26 Å². The fourth-order valence-corrected chi connectivity index (χ4v) is 5.20. The monoisotopic (exact) mass is 360 g/mol. The number of nitriles is 1. The fraction of sp³-hybridized carbons (Fsp3) is 0.905. The van der Waals surface area contributed by atoms with E-state index >= 15 is 0 Å². The van der Waals surface area contributed by atoms with Gasteiger partial charge in [0.2, 0.25) is 5.91 Å². The van der Waals surface area contributed by atoms with E-state index in [1.54, 1.807) is 0 Å². The van der Waals surface area contributed by atoms with Crippen LogP contribution in [0.1, 0.15) is 77.6 Å². The molecule has 146 valence electrons. The smallest absolute Gasteiger partial charge is 0.238 e. The Kier molecular flexibility index (Phi) is 6.58. The Morgan fingerprint density at radius 1 is 1.23 bits per heavy atom. The summed E-state index contributed by atoms with van der Waals surface area (Å²) in [4.78, 5) is 15.1. The van der Waals surface area contributed by atoms with Gasteiger partial charge < -0.3 is 11.1 Å². The molecule has 5 nitrogen and oxygen atoms in total. The highest BCUT2D eigenvalue weighted by atomic mass is 16.2. The first-order valence-corrected chi connectivity index (χ1v) is 10.7. The molecule has 2 atom stereocenters. The quantitative estimate of drug-likeness (QED) is 0.790. The minimum atomic E-state index is -0.746. The van der Waals surface area contributed by atoms with Gasteiger partial charge in [0, 0.05) is 19.1 Å². The molecule has 26 heavy (non-hydrogen) atoms. The number of nitrogens with zero attached hydrogens (tertiary/aromatic N) is 2. The number of likely N-dealkylation sites (tertiary alicyclic amines) is 1. The molecule has 0 bridgehead atoms. The van der Waals surface area contributed by atoms with Gasteiger partial charge in [-0.05, 0) is 50.4 Å². The zero-order valence-corrected chi connectivity index (χ0v) is 16.4. The van der Waals surface area contributed by atoms with Crippen LogP contribution in [-0.2, 0) is 4.79 Å². The Hall–Kier alpha value is -1.12. The van der Waals surface area contributed by atoms with Crippen molar-refractivity contribution in [3.05, 3.63) is 0 Å². The van der Waals surface area contributed by atoms with Gasteiger partial charge in [-0.15, -0.1) is 0 Å². The van der Waals surface area contributed by atoms with Crippen LogP contribution in [0.15, 0.2) is 0 Å². The van der Waals surface area contributed by atoms with E-state index in [0.717, 1.165) is 25.3 Å². The lowest BCUT2D eigenvalue weighted by Crippen LogP contribution is -2.55. The first-order valence-electron chi connectivity index (χ1n) is 10.7. The third-order valence-corrected chi connectivity index (χ3v) is 7.03. The molecule has 3 aliphatic rings. The maximum absolute atomic E-state index is 12.7. The highest BCUT2D eigenvalue weighted by Gasteiger charge is 2.43. The second kappa shape index (κ2) is 8.71. The summed E-state index contributed by atoms with van der Waals surface area (Å²) < 4.78 is 0. The molecule has 1 saturated heterocycles. The Bertz CT molecular complexity index is 517. The van der Waals surface area contributed by atoms with Crippen LogP contribution in [0.3, 0.4) is 0 Å². The summed E-state index contributed by atoms with van der Waals surface area (Å²) in [6, 6.07) is 2.51. The summed E-state index contributed by atoms with van der Waals surface area (Å²) in [6.07, 6.45) is 12.7. The molecule has 0 aromatic heterocycles. The van der Waals surface area contributed by atoms with Gasteiger partial charge in [0.1, 0.15) is 5.54 Å². The molecular weight excluding hydrogens is 324 g/mol. The van der Waals surface area contributed by atoms with Crippen molar-refractivity contribution < 1.29 is 4.79 Å². The lowest BCUT2D eigenvalue weighted by Gasteiger charge is -2.34. The van der Waals surface area contributed by atoms with Gasteiger partial charge in [0.05, 0.1) is 12.1 Å². The van der Waals surface area contributed by atoms with Crippen LogP contribution in [0, 0.1) is 23.2 Å². The number of nitrogens with two attached hydrogens (primary N) is 1. The standard InChI is InChI=1S/C21H36N4O/c1-16-7-9-18(10-8-16)25-12-11-21(14-22,15-25)24-20(26)19(23)13-17-5-3-2-4-6-17/h16-19H,2-13,15,23H2,1H3,(H,24,26)/t16-,18-,19?,21?. The van der Waals surface area contributed by atoms with Gasteiger partial charge in [0.15, 0.2) is 0 Å². The number of carbonyl (C=O) groups is 1. The second-order valence-corrected chi connectivity index (χ2v) is 9.16. The van der Waals surface area contributed by atoms with Crippen LogP contribution < -0.4 is 11.1 Å². The number of carbonyl (C=O) groups excluding carboxylic acids is 1. The number of amides is 1. The average Bonchev–Trinajstić information content (AvgIpc) is 3.07. The Labute approximate surface area is 158 Å². The van der Waals surface area contributed by atoms with Gasteiger partial charge in [0.25, 0.3) is 0 Å². The summed E-state index contributed by atoms with van der Waals surface area (Å²) in [7, 11) is 0. The minimum Gasteiger partial charge on any atom is -0.335 e. The van der Waals surface area contributed by atoms with Crippen molar-refractivity contribution in [1.29, 1.82) is 5.26 Å². The summed E-state index contributed by atoms with van der Waals surface area (Å²) >= 11 is 0. The minimum absolute atomic E-state index is 0.128. The van der Waals surface area contributed by atoms with Crippen LogP contribution in [0.4, 0.5) is 0 Å². The van der Waals surface area contributed by atoms with Gasteiger partial charge in [-0.1, -0.05) is 39.0 Å². The number of rotatable bonds is 5. The Morgan fingerprint density at radius 3 is 2.58 bits per heavy atom. The molecule has 0 radical (unpaired) electrons. The summed E-state index contributed by atoms with van der Waals surface area (Å²) in [6.45, 7) is 3.89. The normalized spacial score (nSPS) is 35.0.